The minimum atomic E-state index is -0.705. The summed E-state index contributed by atoms with van der Waals surface area (Å²) in [4.78, 5) is 24.0. The third-order valence-electron chi connectivity index (χ3n) is 4.78. The lowest BCUT2D eigenvalue weighted by Gasteiger charge is -2.38. The van der Waals surface area contributed by atoms with Gasteiger partial charge >= 0.3 is 0 Å². The number of carbonyl (C=O) groups is 1. The fraction of sp³-hybridized carbons (Fsp3) is 0.368. The molecule has 1 unspecified atom stereocenters. The van der Waals surface area contributed by atoms with Crippen LogP contribution in [0.4, 0.5) is 5.69 Å². The lowest BCUT2D eigenvalue weighted by molar-refractivity contribution is -0.385. The predicted octanol–water partition coefficient (Wildman–Crippen LogP) is 4.02. The van der Waals surface area contributed by atoms with Gasteiger partial charge in [-0.3, -0.25) is 14.9 Å². The first-order valence-electron chi connectivity index (χ1n) is 8.24. The summed E-state index contributed by atoms with van der Waals surface area (Å²) >= 11 is 1.38. The van der Waals surface area contributed by atoms with Gasteiger partial charge in [-0.05, 0) is 18.1 Å². The number of carbonyl (C=O) groups excluding carboxylic acids is 1. The fourth-order valence-corrected chi connectivity index (χ4v) is 4.35. The standard InChI is InChI=1S/C19H19N3O3S/c1-19(2)8-13-17(15(23)9-19)16(12(10-20)18(21-13)26-3)11-6-4-5-7-14(11)22(24)25/h4-7,16,21H,8-9H2,1-3H3. The van der Waals surface area contributed by atoms with Crippen molar-refractivity contribution in [3.8, 4) is 6.07 Å². The average molecular weight is 369 g/mol. The lowest BCUT2D eigenvalue weighted by Crippen LogP contribution is -2.37. The molecule has 1 aromatic carbocycles. The Morgan fingerprint density at radius 1 is 1.35 bits per heavy atom. The van der Waals surface area contributed by atoms with Crippen molar-refractivity contribution >= 4 is 23.2 Å². The molecule has 6 nitrogen and oxygen atoms in total. The van der Waals surface area contributed by atoms with Gasteiger partial charge in [0, 0.05) is 29.3 Å². The number of Topliss-reactive ketones (excluding diaryl/α,β-unsaturated/α-hetero) is 1. The molecule has 0 saturated heterocycles. The summed E-state index contributed by atoms with van der Waals surface area (Å²) in [5.41, 5.74) is 1.76. The number of hydrogen-bond acceptors (Lipinski definition) is 6. The molecule has 7 heteroatoms. The molecule has 134 valence electrons. The third kappa shape index (κ3) is 3.01. The van der Waals surface area contributed by atoms with E-state index >= 15 is 0 Å². The molecule has 0 amide bonds. The zero-order valence-electron chi connectivity index (χ0n) is 14.8. The van der Waals surface area contributed by atoms with Gasteiger partial charge in [-0.2, -0.15) is 5.26 Å². The number of nitro benzene ring substituents is 1. The smallest absolute Gasteiger partial charge is 0.273 e. The Hall–Kier alpha value is -2.59. The van der Waals surface area contributed by atoms with Crippen molar-refractivity contribution in [1.82, 2.24) is 5.32 Å². The Kier molecular flexibility index (Phi) is 4.63. The van der Waals surface area contributed by atoms with Crippen LogP contribution in [0.3, 0.4) is 0 Å². The maximum absolute atomic E-state index is 13.0. The molecule has 0 saturated carbocycles. The van der Waals surface area contributed by atoms with E-state index in [1.807, 2.05) is 20.1 Å². The monoisotopic (exact) mass is 369 g/mol. The summed E-state index contributed by atoms with van der Waals surface area (Å²) in [6.45, 7) is 4.05. The van der Waals surface area contributed by atoms with Crippen molar-refractivity contribution in [3.63, 3.8) is 0 Å². The number of para-hydroxylation sites is 1. The highest BCUT2D eigenvalue weighted by molar-refractivity contribution is 8.02. The van der Waals surface area contributed by atoms with Gasteiger partial charge in [0.1, 0.15) is 0 Å². The van der Waals surface area contributed by atoms with E-state index in [4.69, 9.17) is 0 Å². The van der Waals surface area contributed by atoms with Gasteiger partial charge in [0.2, 0.25) is 0 Å². The van der Waals surface area contributed by atoms with Crippen molar-refractivity contribution in [3.05, 3.63) is 61.8 Å². The predicted molar refractivity (Wildman–Crippen MR) is 100 cm³/mol. The van der Waals surface area contributed by atoms with Crippen LogP contribution in [0.25, 0.3) is 0 Å². The lowest BCUT2D eigenvalue weighted by atomic mass is 9.69. The van der Waals surface area contributed by atoms with Crippen molar-refractivity contribution < 1.29 is 9.72 Å². The highest BCUT2D eigenvalue weighted by Crippen LogP contribution is 2.49. The zero-order valence-corrected chi connectivity index (χ0v) is 15.6. The summed E-state index contributed by atoms with van der Waals surface area (Å²) in [7, 11) is 0. The van der Waals surface area contributed by atoms with Crippen LogP contribution in [0.2, 0.25) is 0 Å². The van der Waals surface area contributed by atoms with E-state index in [1.54, 1.807) is 18.2 Å². The van der Waals surface area contributed by atoms with Crippen LogP contribution >= 0.6 is 11.8 Å². The number of nitrogens with zero attached hydrogens (tertiary/aromatic N) is 2. The first kappa shape index (κ1) is 18.2. The Morgan fingerprint density at radius 2 is 2.04 bits per heavy atom. The van der Waals surface area contributed by atoms with Gasteiger partial charge < -0.3 is 5.32 Å². The minimum Gasteiger partial charge on any atom is -0.352 e. The van der Waals surface area contributed by atoms with Crippen molar-refractivity contribution in [2.75, 3.05) is 6.26 Å². The van der Waals surface area contributed by atoms with E-state index in [1.165, 1.54) is 17.8 Å². The minimum absolute atomic E-state index is 0.0557. The maximum Gasteiger partial charge on any atom is 0.273 e. The number of dihydropyridines is 1. The van der Waals surface area contributed by atoms with Gasteiger partial charge in [-0.25, -0.2) is 0 Å². The molecular weight excluding hydrogens is 350 g/mol. The van der Waals surface area contributed by atoms with Gasteiger partial charge in [0.05, 0.1) is 27.5 Å². The van der Waals surface area contributed by atoms with E-state index in [2.05, 4.69) is 11.4 Å². The Morgan fingerprint density at radius 3 is 2.65 bits per heavy atom. The molecule has 1 aliphatic heterocycles. The second kappa shape index (κ2) is 6.61. The van der Waals surface area contributed by atoms with E-state index < -0.39 is 10.8 Å². The molecule has 0 aromatic heterocycles. The quantitative estimate of drug-likeness (QED) is 0.638. The number of allylic oxidation sites excluding steroid dienone is 3. The van der Waals surface area contributed by atoms with Gasteiger partial charge in [-0.15, -0.1) is 11.8 Å². The fourth-order valence-electron chi connectivity index (χ4n) is 3.75. The second-order valence-electron chi connectivity index (χ2n) is 7.27. The Bertz CT molecular complexity index is 909. The van der Waals surface area contributed by atoms with Crippen LogP contribution in [0.5, 0.6) is 0 Å². The maximum atomic E-state index is 13.0. The van der Waals surface area contributed by atoms with E-state index in [-0.39, 0.29) is 16.9 Å². The summed E-state index contributed by atoms with van der Waals surface area (Å²) in [6, 6.07) is 8.54. The average Bonchev–Trinajstić information content (AvgIpc) is 2.58. The van der Waals surface area contributed by atoms with E-state index in [9.17, 15) is 20.2 Å². The van der Waals surface area contributed by atoms with E-state index in [0.29, 0.717) is 34.6 Å². The van der Waals surface area contributed by atoms with Crippen LogP contribution in [-0.2, 0) is 4.79 Å². The highest BCUT2D eigenvalue weighted by atomic mass is 32.2. The van der Waals surface area contributed by atoms with Gasteiger partial charge in [-0.1, -0.05) is 32.0 Å². The Balaban J connectivity index is 2.28. The third-order valence-corrected chi connectivity index (χ3v) is 5.51. The number of rotatable bonds is 3. The first-order valence-corrected chi connectivity index (χ1v) is 9.46. The number of benzene rings is 1. The van der Waals surface area contributed by atoms with Crippen LogP contribution < -0.4 is 5.32 Å². The van der Waals surface area contributed by atoms with Crippen molar-refractivity contribution in [2.24, 2.45) is 5.41 Å². The molecule has 0 spiro atoms. The molecule has 2 aliphatic rings. The normalized spacial score (nSPS) is 21.8. The summed E-state index contributed by atoms with van der Waals surface area (Å²) < 4.78 is 0. The van der Waals surface area contributed by atoms with E-state index in [0.717, 1.165) is 5.70 Å². The molecular formula is C19H19N3O3S. The van der Waals surface area contributed by atoms with Gasteiger partial charge in [0.25, 0.3) is 5.69 Å². The molecule has 1 aliphatic carbocycles. The number of nitrogens with one attached hydrogen (secondary N) is 1. The number of hydrogen-bond donors (Lipinski definition) is 1. The molecule has 26 heavy (non-hydrogen) atoms. The highest BCUT2D eigenvalue weighted by Gasteiger charge is 2.43. The van der Waals surface area contributed by atoms with Crippen LogP contribution in [0.15, 0.2) is 46.1 Å². The summed E-state index contributed by atoms with van der Waals surface area (Å²) in [5, 5.41) is 25.2. The SMILES string of the molecule is CSC1=C(C#N)C(c2ccccc2[N+](=O)[O-])C2=C(CC(C)(C)CC2=O)N1. The van der Waals surface area contributed by atoms with Crippen LogP contribution in [-0.4, -0.2) is 17.0 Å². The van der Waals surface area contributed by atoms with Gasteiger partial charge in [0.15, 0.2) is 5.78 Å². The molecule has 0 fully saturated rings. The molecule has 1 N–H and O–H groups in total. The molecule has 1 heterocycles. The topological polar surface area (TPSA) is 96.0 Å². The largest absolute Gasteiger partial charge is 0.352 e. The molecule has 1 aromatic rings. The Labute approximate surface area is 156 Å². The summed E-state index contributed by atoms with van der Waals surface area (Å²) in [6.07, 6.45) is 2.86. The molecule has 0 radical (unpaired) electrons. The summed E-state index contributed by atoms with van der Waals surface area (Å²) in [5.74, 6) is -0.760. The number of thioether (sulfide) groups is 1. The van der Waals surface area contributed by atoms with Crippen molar-refractivity contribution in [2.45, 2.75) is 32.6 Å². The molecule has 0 bridgehead atoms. The van der Waals surface area contributed by atoms with Crippen LogP contribution in [0.1, 0.15) is 38.2 Å². The van der Waals surface area contributed by atoms with Crippen molar-refractivity contribution in [1.29, 1.82) is 5.26 Å². The second-order valence-corrected chi connectivity index (χ2v) is 8.08. The number of ketones is 1. The number of nitriles is 1. The molecule has 1 atom stereocenters. The zero-order chi connectivity index (χ0) is 19.1. The first-order chi connectivity index (χ1) is 12.3. The van der Waals surface area contributed by atoms with Crippen LogP contribution in [0, 0.1) is 26.9 Å². The molecule has 3 rings (SSSR count). The number of nitro groups is 1.